The van der Waals surface area contributed by atoms with E-state index in [9.17, 15) is 22.4 Å². The van der Waals surface area contributed by atoms with Crippen molar-refractivity contribution in [3.05, 3.63) is 70.5 Å². The summed E-state index contributed by atoms with van der Waals surface area (Å²) < 4.78 is 60.1. The molecule has 12 heteroatoms. The molecule has 0 aliphatic rings. The van der Waals surface area contributed by atoms with Crippen LogP contribution in [-0.2, 0) is 11.2 Å². The van der Waals surface area contributed by atoms with Crippen LogP contribution in [0, 0.1) is 5.82 Å². The van der Waals surface area contributed by atoms with Crippen molar-refractivity contribution in [3.63, 3.8) is 0 Å². The minimum absolute atomic E-state index is 0.0708. The van der Waals surface area contributed by atoms with E-state index in [1.165, 1.54) is 0 Å². The van der Waals surface area contributed by atoms with Gasteiger partial charge < -0.3 is 21.3 Å². The third-order valence-electron chi connectivity index (χ3n) is 4.52. The SMILES string of the molecule is Nc1nc(OC(c2ccc(Cl)cc2F)C(F)(F)F)cc(-c2ccc(CC(N)C(=O)O)cc2)n1. The maximum absolute atomic E-state index is 14.2. The average Bonchev–Trinajstić information content (AvgIpc) is 2.72. The Kier molecular flexibility index (Phi) is 7.04. The van der Waals surface area contributed by atoms with Crippen LogP contribution in [0.1, 0.15) is 17.2 Å². The molecule has 0 saturated heterocycles. The summed E-state index contributed by atoms with van der Waals surface area (Å²) in [5.41, 5.74) is 11.6. The number of hydrogen-bond donors (Lipinski definition) is 3. The molecule has 0 radical (unpaired) electrons. The van der Waals surface area contributed by atoms with Gasteiger partial charge in [0, 0.05) is 22.2 Å². The minimum Gasteiger partial charge on any atom is -0.480 e. The fourth-order valence-corrected chi connectivity index (χ4v) is 3.10. The van der Waals surface area contributed by atoms with Crippen molar-refractivity contribution in [2.75, 3.05) is 5.73 Å². The topological polar surface area (TPSA) is 124 Å². The molecule has 3 aromatic rings. The van der Waals surface area contributed by atoms with Crippen molar-refractivity contribution in [1.82, 2.24) is 9.97 Å². The van der Waals surface area contributed by atoms with Gasteiger partial charge in [0.05, 0.1) is 5.69 Å². The smallest absolute Gasteiger partial charge is 0.429 e. The summed E-state index contributed by atoms with van der Waals surface area (Å²) in [6.07, 6.45) is -7.56. The van der Waals surface area contributed by atoms with Gasteiger partial charge in [-0.15, -0.1) is 0 Å². The number of carboxylic acid groups (broad SMARTS) is 1. The molecule has 0 saturated carbocycles. The van der Waals surface area contributed by atoms with Crippen LogP contribution < -0.4 is 16.2 Å². The van der Waals surface area contributed by atoms with Crippen molar-refractivity contribution in [1.29, 1.82) is 0 Å². The van der Waals surface area contributed by atoms with Gasteiger partial charge in [-0.05, 0) is 24.1 Å². The highest BCUT2D eigenvalue weighted by Crippen LogP contribution is 2.38. The zero-order chi connectivity index (χ0) is 24.3. The lowest BCUT2D eigenvalue weighted by Gasteiger charge is -2.22. The Bertz CT molecular complexity index is 1160. The van der Waals surface area contributed by atoms with Crippen LogP contribution in [0.5, 0.6) is 5.88 Å². The molecule has 0 aliphatic carbocycles. The number of rotatable bonds is 7. The van der Waals surface area contributed by atoms with Crippen LogP contribution >= 0.6 is 11.6 Å². The van der Waals surface area contributed by atoms with Gasteiger partial charge in [0.25, 0.3) is 0 Å². The summed E-state index contributed by atoms with van der Waals surface area (Å²) >= 11 is 5.62. The van der Waals surface area contributed by atoms with Crippen molar-refractivity contribution < 1.29 is 32.2 Å². The molecule has 174 valence electrons. The molecule has 0 aliphatic heterocycles. The molecular weight excluding hydrogens is 468 g/mol. The van der Waals surface area contributed by atoms with E-state index in [4.69, 9.17) is 32.9 Å². The van der Waals surface area contributed by atoms with Gasteiger partial charge in [0.1, 0.15) is 11.9 Å². The number of ether oxygens (including phenoxy) is 1. The Labute approximate surface area is 190 Å². The van der Waals surface area contributed by atoms with Crippen molar-refractivity contribution in [3.8, 4) is 17.1 Å². The lowest BCUT2D eigenvalue weighted by atomic mass is 10.0. The van der Waals surface area contributed by atoms with E-state index < -0.39 is 41.6 Å². The zero-order valence-electron chi connectivity index (χ0n) is 16.7. The van der Waals surface area contributed by atoms with Crippen LogP contribution in [0.2, 0.25) is 5.02 Å². The minimum atomic E-state index is -4.97. The van der Waals surface area contributed by atoms with Crippen molar-refractivity contribution >= 4 is 23.5 Å². The molecule has 0 spiro atoms. The van der Waals surface area contributed by atoms with E-state index in [0.717, 1.165) is 24.3 Å². The summed E-state index contributed by atoms with van der Waals surface area (Å²) in [5.74, 6) is -3.23. The number of nitrogen functional groups attached to an aromatic ring is 1. The lowest BCUT2D eigenvalue weighted by molar-refractivity contribution is -0.199. The van der Waals surface area contributed by atoms with Gasteiger partial charge in [0.15, 0.2) is 0 Å². The number of nitrogens with two attached hydrogens (primary N) is 2. The second-order valence-corrected chi connectivity index (χ2v) is 7.44. The molecule has 0 fully saturated rings. The van der Waals surface area contributed by atoms with E-state index >= 15 is 0 Å². The highest BCUT2D eigenvalue weighted by atomic mass is 35.5. The monoisotopic (exact) mass is 484 g/mol. The second kappa shape index (κ2) is 9.59. The Morgan fingerprint density at radius 3 is 2.36 bits per heavy atom. The fourth-order valence-electron chi connectivity index (χ4n) is 2.95. The Hall–Kier alpha value is -3.44. The maximum atomic E-state index is 14.2. The summed E-state index contributed by atoms with van der Waals surface area (Å²) in [4.78, 5) is 18.6. The number of carbonyl (C=O) groups is 1. The number of anilines is 1. The summed E-state index contributed by atoms with van der Waals surface area (Å²) in [6.45, 7) is 0. The van der Waals surface area contributed by atoms with Gasteiger partial charge in [0.2, 0.25) is 17.9 Å². The summed E-state index contributed by atoms with van der Waals surface area (Å²) in [5, 5.41) is 8.83. The molecule has 5 N–H and O–H groups in total. The summed E-state index contributed by atoms with van der Waals surface area (Å²) in [6, 6.07) is 9.10. The molecule has 3 rings (SSSR count). The van der Waals surface area contributed by atoms with Gasteiger partial charge in [-0.2, -0.15) is 18.2 Å². The Balaban J connectivity index is 1.91. The first-order valence-electron chi connectivity index (χ1n) is 9.34. The number of hydrogen-bond acceptors (Lipinski definition) is 6. The van der Waals surface area contributed by atoms with Crippen molar-refractivity contribution in [2.24, 2.45) is 5.73 Å². The third-order valence-corrected chi connectivity index (χ3v) is 4.76. The third kappa shape index (κ3) is 6.08. The number of halogens is 5. The number of benzene rings is 2. The maximum Gasteiger partial charge on any atom is 0.429 e. The van der Waals surface area contributed by atoms with E-state index in [0.29, 0.717) is 11.1 Å². The van der Waals surface area contributed by atoms with Gasteiger partial charge in [-0.25, -0.2) is 9.37 Å². The largest absolute Gasteiger partial charge is 0.480 e. The first-order valence-corrected chi connectivity index (χ1v) is 9.72. The normalized spacial score (nSPS) is 13.4. The molecule has 1 heterocycles. The molecule has 0 bridgehead atoms. The predicted molar refractivity (Wildman–Crippen MR) is 112 cm³/mol. The Morgan fingerprint density at radius 2 is 1.79 bits per heavy atom. The van der Waals surface area contributed by atoms with E-state index in [-0.39, 0.29) is 23.1 Å². The highest BCUT2D eigenvalue weighted by Gasteiger charge is 2.45. The van der Waals surface area contributed by atoms with Crippen LogP contribution in [0.25, 0.3) is 11.3 Å². The van der Waals surface area contributed by atoms with E-state index in [1.807, 2.05) is 0 Å². The predicted octanol–water partition coefficient (Wildman–Crippen LogP) is 4.16. The number of alkyl halides is 3. The van der Waals surface area contributed by atoms with Crippen molar-refractivity contribution in [2.45, 2.75) is 24.7 Å². The van der Waals surface area contributed by atoms with E-state index in [1.54, 1.807) is 24.3 Å². The average molecular weight is 485 g/mol. The second-order valence-electron chi connectivity index (χ2n) is 7.00. The van der Waals surface area contributed by atoms with Crippen LogP contribution in [0.15, 0.2) is 48.5 Å². The molecule has 7 nitrogen and oxygen atoms in total. The first-order chi connectivity index (χ1) is 15.4. The molecule has 1 aromatic heterocycles. The molecule has 2 atom stereocenters. The van der Waals surface area contributed by atoms with Crippen LogP contribution in [-0.4, -0.2) is 33.3 Å². The zero-order valence-corrected chi connectivity index (χ0v) is 17.4. The standard InChI is InChI=1S/C21H17ClF4N4O3/c22-12-5-6-13(14(23)8-12)18(21(24,25)26)33-17-9-16(29-20(28)30-17)11-3-1-10(2-4-11)7-15(27)19(31)32/h1-6,8-9,15,18H,7,27H2,(H,31,32)(H2,28,29,30). The fraction of sp³-hybridized carbons (Fsp3) is 0.190. The quantitative estimate of drug-likeness (QED) is 0.430. The lowest BCUT2D eigenvalue weighted by Crippen LogP contribution is -2.32. The Morgan fingerprint density at radius 1 is 1.12 bits per heavy atom. The number of carboxylic acids is 1. The molecule has 33 heavy (non-hydrogen) atoms. The molecular formula is C21H17ClF4N4O3. The van der Waals surface area contributed by atoms with Gasteiger partial charge in [-0.1, -0.05) is 41.9 Å². The summed E-state index contributed by atoms with van der Waals surface area (Å²) in [7, 11) is 0. The number of aromatic nitrogens is 2. The number of aliphatic carboxylic acids is 1. The highest BCUT2D eigenvalue weighted by molar-refractivity contribution is 6.30. The van der Waals surface area contributed by atoms with Gasteiger partial charge >= 0.3 is 12.1 Å². The van der Waals surface area contributed by atoms with Crippen LogP contribution in [0.4, 0.5) is 23.5 Å². The molecule has 2 unspecified atom stereocenters. The molecule has 0 amide bonds. The number of nitrogens with zero attached hydrogens (tertiary/aromatic N) is 2. The molecule has 2 aromatic carbocycles. The first kappa shape index (κ1) is 24.2. The van der Waals surface area contributed by atoms with Crippen LogP contribution in [0.3, 0.4) is 0 Å². The van der Waals surface area contributed by atoms with Gasteiger partial charge in [-0.3, -0.25) is 4.79 Å². The van der Waals surface area contributed by atoms with E-state index in [2.05, 4.69) is 9.97 Å².